The number of ether oxygens (including phenoxy) is 1. The van der Waals surface area contributed by atoms with Gasteiger partial charge in [-0.1, -0.05) is 35.8 Å². The molecule has 2 aromatic carbocycles. The summed E-state index contributed by atoms with van der Waals surface area (Å²) in [5.41, 5.74) is 3.13. The second kappa shape index (κ2) is 12.5. The van der Waals surface area contributed by atoms with Crippen molar-refractivity contribution in [3.05, 3.63) is 71.0 Å². The maximum atomic E-state index is 12.4. The Kier molecular flexibility index (Phi) is 8.84. The van der Waals surface area contributed by atoms with Gasteiger partial charge in [0.25, 0.3) is 0 Å². The molecule has 2 saturated heterocycles. The third kappa shape index (κ3) is 6.36. The highest BCUT2D eigenvalue weighted by atomic mass is 35.5. The SMILES string of the molecule is C=CC(=O)Nc1cc(Nc2cc(N3OCC[C@@H]3c3ccc(Cl)c(Cl)c3)ncn2)c(OC)cc1N1CC[C@@H](N(C)C)C1. The first-order valence-corrected chi connectivity index (χ1v) is 14.1. The monoisotopic (exact) mass is 597 g/mol. The van der Waals surface area contributed by atoms with Crippen LogP contribution >= 0.6 is 23.2 Å². The fourth-order valence-electron chi connectivity index (χ4n) is 5.15. The summed E-state index contributed by atoms with van der Waals surface area (Å²) in [5.74, 6) is 1.42. The number of carbonyl (C=O) groups excluding carboxylic acids is 1. The van der Waals surface area contributed by atoms with Crippen molar-refractivity contribution in [1.82, 2.24) is 14.9 Å². The molecule has 216 valence electrons. The molecule has 0 radical (unpaired) electrons. The van der Waals surface area contributed by atoms with Crippen LogP contribution in [0, 0.1) is 0 Å². The summed E-state index contributed by atoms with van der Waals surface area (Å²) in [6.45, 7) is 5.84. The van der Waals surface area contributed by atoms with E-state index < -0.39 is 0 Å². The van der Waals surface area contributed by atoms with Crippen LogP contribution in [0.25, 0.3) is 0 Å². The zero-order valence-electron chi connectivity index (χ0n) is 23.2. The molecule has 2 N–H and O–H groups in total. The Balaban J connectivity index is 1.44. The predicted octanol–water partition coefficient (Wildman–Crippen LogP) is 5.68. The molecule has 2 fully saturated rings. The van der Waals surface area contributed by atoms with Gasteiger partial charge in [0.05, 0.1) is 46.9 Å². The highest BCUT2D eigenvalue weighted by molar-refractivity contribution is 6.42. The number of hydrogen-bond donors (Lipinski definition) is 2. The number of rotatable bonds is 9. The lowest BCUT2D eigenvalue weighted by atomic mass is 10.0. The Hall–Kier alpha value is -3.57. The second-order valence-corrected chi connectivity index (χ2v) is 11.0. The van der Waals surface area contributed by atoms with Gasteiger partial charge in [0.15, 0.2) is 5.82 Å². The van der Waals surface area contributed by atoms with Crippen molar-refractivity contribution in [2.24, 2.45) is 0 Å². The van der Waals surface area contributed by atoms with Gasteiger partial charge in [0, 0.05) is 37.7 Å². The summed E-state index contributed by atoms with van der Waals surface area (Å²) in [7, 11) is 5.78. The van der Waals surface area contributed by atoms with Gasteiger partial charge in [0.1, 0.15) is 17.9 Å². The minimum Gasteiger partial charge on any atom is -0.494 e. The molecule has 0 bridgehead atoms. The maximum Gasteiger partial charge on any atom is 0.247 e. The van der Waals surface area contributed by atoms with Crippen LogP contribution in [0.5, 0.6) is 5.75 Å². The van der Waals surface area contributed by atoms with Gasteiger partial charge in [0.2, 0.25) is 5.91 Å². The summed E-state index contributed by atoms with van der Waals surface area (Å²) in [4.78, 5) is 31.7. The lowest BCUT2D eigenvalue weighted by Gasteiger charge is -2.26. The molecule has 12 heteroatoms. The molecular formula is C29H33Cl2N7O3. The molecule has 1 aromatic heterocycles. The van der Waals surface area contributed by atoms with Crippen molar-refractivity contribution >= 4 is 57.8 Å². The fourth-order valence-corrected chi connectivity index (χ4v) is 5.46. The summed E-state index contributed by atoms with van der Waals surface area (Å²) >= 11 is 12.4. The largest absolute Gasteiger partial charge is 0.494 e. The number of carbonyl (C=O) groups is 1. The number of hydrogen-bond acceptors (Lipinski definition) is 9. The number of anilines is 5. The van der Waals surface area contributed by atoms with Gasteiger partial charge >= 0.3 is 0 Å². The van der Waals surface area contributed by atoms with Gasteiger partial charge in [-0.05, 0) is 50.4 Å². The zero-order valence-corrected chi connectivity index (χ0v) is 24.7. The number of amides is 1. The highest BCUT2D eigenvalue weighted by Gasteiger charge is 2.30. The Labute approximate surface area is 249 Å². The number of halogens is 2. The van der Waals surface area contributed by atoms with E-state index in [1.807, 2.05) is 24.3 Å². The average Bonchev–Trinajstić information content (AvgIpc) is 3.66. The number of nitrogens with zero attached hydrogens (tertiary/aromatic N) is 5. The van der Waals surface area contributed by atoms with Crippen LogP contribution in [0.15, 0.2) is 55.4 Å². The van der Waals surface area contributed by atoms with Gasteiger partial charge in [-0.15, -0.1) is 0 Å². The van der Waals surface area contributed by atoms with Crippen LogP contribution in [0.2, 0.25) is 10.0 Å². The molecule has 3 heterocycles. The van der Waals surface area contributed by atoms with Crippen molar-refractivity contribution in [2.45, 2.75) is 24.9 Å². The molecule has 0 saturated carbocycles. The van der Waals surface area contributed by atoms with Crippen molar-refractivity contribution < 1.29 is 14.4 Å². The first-order chi connectivity index (χ1) is 19.8. The normalized spacial score (nSPS) is 18.6. The molecule has 10 nitrogen and oxygen atoms in total. The van der Waals surface area contributed by atoms with Crippen LogP contribution in [0.3, 0.4) is 0 Å². The molecule has 0 unspecified atom stereocenters. The number of methoxy groups -OCH3 is 1. The molecule has 3 aromatic rings. The van der Waals surface area contributed by atoms with E-state index in [0.29, 0.717) is 51.5 Å². The lowest BCUT2D eigenvalue weighted by Crippen LogP contribution is -2.31. The molecule has 2 aliphatic rings. The standard InChI is InChI=1S/C29H33Cl2N7O3/c1-5-29(39)35-22-13-23(26(40-4)14-25(22)37-10-8-19(16-37)36(2)3)34-27-15-28(33-17-32-27)38-24(9-11-41-38)18-6-7-20(30)21(31)12-18/h5-7,12-15,17,19,24H,1,8-11,16H2,2-4H3,(H,35,39)(H,32,33,34)/t19-,24-/m1/s1. The van der Waals surface area contributed by atoms with Crippen LogP contribution in [0.4, 0.5) is 28.7 Å². The topological polar surface area (TPSA) is 95.1 Å². The van der Waals surface area contributed by atoms with E-state index in [-0.39, 0.29) is 11.9 Å². The van der Waals surface area contributed by atoms with E-state index >= 15 is 0 Å². The third-order valence-electron chi connectivity index (χ3n) is 7.37. The molecule has 1 amide bonds. The molecule has 5 rings (SSSR count). The smallest absolute Gasteiger partial charge is 0.247 e. The third-order valence-corrected chi connectivity index (χ3v) is 8.11. The highest BCUT2D eigenvalue weighted by Crippen LogP contribution is 2.41. The lowest BCUT2D eigenvalue weighted by molar-refractivity contribution is -0.111. The number of hydroxylamine groups is 1. The summed E-state index contributed by atoms with van der Waals surface area (Å²) < 4.78 is 5.77. The summed E-state index contributed by atoms with van der Waals surface area (Å²) in [6.07, 6.45) is 4.51. The Morgan fingerprint density at radius 3 is 2.68 bits per heavy atom. The van der Waals surface area contributed by atoms with Crippen molar-refractivity contribution in [1.29, 1.82) is 0 Å². The van der Waals surface area contributed by atoms with Gasteiger partial charge < -0.3 is 25.2 Å². The van der Waals surface area contributed by atoms with Gasteiger partial charge in [-0.25, -0.2) is 15.0 Å². The Bertz CT molecular complexity index is 1440. The van der Waals surface area contributed by atoms with E-state index in [1.165, 1.54) is 12.4 Å². The molecule has 41 heavy (non-hydrogen) atoms. The van der Waals surface area contributed by atoms with Crippen LogP contribution in [0.1, 0.15) is 24.4 Å². The van der Waals surface area contributed by atoms with E-state index in [2.05, 4.69) is 51.1 Å². The quantitative estimate of drug-likeness (QED) is 0.302. The summed E-state index contributed by atoms with van der Waals surface area (Å²) in [6, 6.07) is 11.5. The Morgan fingerprint density at radius 2 is 1.98 bits per heavy atom. The van der Waals surface area contributed by atoms with Crippen LogP contribution in [-0.2, 0) is 9.63 Å². The minimum atomic E-state index is -0.297. The predicted molar refractivity (Wildman–Crippen MR) is 164 cm³/mol. The first-order valence-electron chi connectivity index (χ1n) is 13.3. The fraction of sp³-hybridized carbons (Fsp3) is 0.345. The molecular weight excluding hydrogens is 565 g/mol. The van der Waals surface area contributed by atoms with E-state index in [4.69, 9.17) is 32.8 Å². The molecule has 2 aliphatic heterocycles. The first kappa shape index (κ1) is 28.9. The average molecular weight is 599 g/mol. The number of nitrogens with one attached hydrogen (secondary N) is 2. The minimum absolute atomic E-state index is 0.0893. The van der Waals surface area contributed by atoms with Crippen molar-refractivity contribution in [3.63, 3.8) is 0 Å². The van der Waals surface area contributed by atoms with Crippen LogP contribution < -0.4 is 25.3 Å². The van der Waals surface area contributed by atoms with Crippen molar-refractivity contribution in [2.75, 3.05) is 61.5 Å². The molecule has 0 aliphatic carbocycles. The molecule has 0 spiro atoms. The second-order valence-electron chi connectivity index (χ2n) is 10.1. The Morgan fingerprint density at radius 1 is 1.15 bits per heavy atom. The molecule has 2 atom stereocenters. The van der Waals surface area contributed by atoms with Gasteiger partial charge in [-0.3, -0.25) is 9.63 Å². The number of likely N-dealkylation sites (N-methyl/N-ethyl adjacent to an activating group) is 1. The number of aromatic nitrogens is 2. The van der Waals surface area contributed by atoms with E-state index in [0.717, 1.165) is 37.2 Å². The summed E-state index contributed by atoms with van der Waals surface area (Å²) in [5, 5.41) is 9.04. The maximum absolute atomic E-state index is 12.4. The number of benzene rings is 2. The zero-order chi connectivity index (χ0) is 29.1. The van der Waals surface area contributed by atoms with Crippen molar-refractivity contribution in [3.8, 4) is 5.75 Å². The van der Waals surface area contributed by atoms with E-state index in [9.17, 15) is 4.79 Å². The van der Waals surface area contributed by atoms with Crippen LogP contribution in [-0.4, -0.2) is 67.7 Å². The van der Waals surface area contributed by atoms with Gasteiger partial charge in [-0.2, -0.15) is 0 Å². The van der Waals surface area contributed by atoms with E-state index in [1.54, 1.807) is 24.3 Å².